The van der Waals surface area contributed by atoms with Gasteiger partial charge in [-0.05, 0) is 34.9 Å². The van der Waals surface area contributed by atoms with Crippen LogP contribution in [-0.4, -0.2) is 23.6 Å². The number of carbonyl (C=O) groups is 1. The molecule has 4 nitrogen and oxygen atoms in total. The average Bonchev–Trinajstić information content (AvgIpc) is 2.94. The molecular weight excluding hydrogens is 310 g/mol. The number of nitrogens with zero attached hydrogens (tertiary/aromatic N) is 1. The molecule has 25 heavy (non-hydrogen) atoms. The maximum atomic E-state index is 12.8. The van der Waals surface area contributed by atoms with E-state index < -0.39 is 0 Å². The van der Waals surface area contributed by atoms with Gasteiger partial charge >= 0.3 is 0 Å². The third kappa shape index (κ3) is 2.94. The van der Waals surface area contributed by atoms with E-state index >= 15 is 0 Å². The van der Waals surface area contributed by atoms with Gasteiger partial charge in [0.15, 0.2) is 0 Å². The van der Waals surface area contributed by atoms with E-state index in [-0.39, 0.29) is 11.9 Å². The Morgan fingerprint density at radius 3 is 2.72 bits per heavy atom. The van der Waals surface area contributed by atoms with Crippen molar-refractivity contribution in [3.8, 4) is 0 Å². The largest absolute Gasteiger partial charge is 0.346 e. The lowest BCUT2D eigenvalue weighted by atomic mass is 9.96. The van der Waals surface area contributed by atoms with E-state index in [1.165, 1.54) is 16.3 Å². The van der Waals surface area contributed by atoms with Crippen molar-refractivity contribution in [2.24, 2.45) is 7.05 Å². The first-order valence-electron chi connectivity index (χ1n) is 8.79. The number of hydrogen-bond donors (Lipinski definition) is 2. The molecule has 1 fully saturated rings. The summed E-state index contributed by atoms with van der Waals surface area (Å²) in [6.45, 7) is 4.04. The highest BCUT2D eigenvalue weighted by molar-refractivity contribution is 5.94. The molecule has 2 heterocycles. The van der Waals surface area contributed by atoms with Crippen LogP contribution in [0.25, 0.3) is 10.8 Å². The lowest BCUT2D eigenvalue weighted by Crippen LogP contribution is -2.39. The maximum absolute atomic E-state index is 12.8. The van der Waals surface area contributed by atoms with Crippen molar-refractivity contribution >= 4 is 16.7 Å². The van der Waals surface area contributed by atoms with Crippen LogP contribution < -0.4 is 10.6 Å². The van der Waals surface area contributed by atoms with Crippen LogP contribution in [-0.2, 0) is 7.05 Å². The third-order valence-electron chi connectivity index (χ3n) is 5.15. The molecule has 1 aliphatic rings. The van der Waals surface area contributed by atoms with Gasteiger partial charge in [0, 0.05) is 32.3 Å². The number of carbonyl (C=O) groups excluding carboxylic acids is 1. The number of rotatable bonds is 4. The van der Waals surface area contributed by atoms with Crippen molar-refractivity contribution in [3.05, 3.63) is 71.5 Å². The molecule has 1 atom stereocenters. The summed E-state index contributed by atoms with van der Waals surface area (Å²) < 4.78 is 1.93. The van der Waals surface area contributed by atoms with Gasteiger partial charge < -0.3 is 15.2 Å². The second kappa shape index (κ2) is 6.37. The number of fused-ring (bicyclic) bond motifs is 1. The van der Waals surface area contributed by atoms with Gasteiger partial charge in [-0.25, -0.2) is 0 Å². The SMILES string of the molecule is CC(NC(=O)c1cc(C2CNC2)cn1C)c1cccc2ccccc12. The average molecular weight is 333 g/mol. The summed E-state index contributed by atoms with van der Waals surface area (Å²) in [6.07, 6.45) is 2.07. The van der Waals surface area contributed by atoms with E-state index in [9.17, 15) is 4.79 Å². The van der Waals surface area contributed by atoms with Crippen LogP contribution >= 0.6 is 0 Å². The normalized spacial score (nSPS) is 15.8. The van der Waals surface area contributed by atoms with Gasteiger partial charge in [0.25, 0.3) is 5.91 Å². The Kier molecular flexibility index (Phi) is 4.06. The summed E-state index contributed by atoms with van der Waals surface area (Å²) in [4.78, 5) is 12.8. The molecule has 1 saturated heterocycles. The quantitative estimate of drug-likeness (QED) is 0.769. The molecule has 0 bridgehead atoms. The van der Waals surface area contributed by atoms with Crippen LogP contribution in [0.2, 0.25) is 0 Å². The van der Waals surface area contributed by atoms with Crippen LogP contribution in [0.1, 0.15) is 40.5 Å². The van der Waals surface area contributed by atoms with Gasteiger partial charge in [-0.2, -0.15) is 0 Å². The van der Waals surface area contributed by atoms with E-state index in [1.54, 1.807) is 0 Å². The van der Waals surface area contributed by atoms with E-state index in [2.05, 4.69) is 41.1 Å². The maximum Gasteiger partial charge on any atom is 0.268 e. The Morgan fingerprint density at radius 2 is 1.96 bits per heavy atom. The summed E-state index contributed by atoms with van der Waals surface area (Å²) in [5.74, 6) is 0.504. The Bertz CT molecular complexity index is 919. The molecule has 3 aromatic rings. The minimum absolute atomic E-state index is 0.0264. The molecule has 1 aliphatic heterocycles. The molecule has 0 radical (unpaired) electrons. The lowest BCUT2D eigenvalue weighted by molar-refractivity contribution is 0.0932. The summed E-state index contributed by atoms with van der Waals surface area (Å²) in [5.41, 5.74) is 3.10. The molecule has 0 saturated carbocycles. The topological polar surface area (TPSA) is 46.1 Å². The zero-order valence-electron chi connectivity index (χ0n) is 14.6. The standard InChI is InChI=1S/C21H23N3O/c1-14(18-9-5-7-15-6-3-4-8-19(15)18)23-21(25)20-10-16(13-24(20)2)17-11-22-12-17/h3-10,13-14,17,22H,11-12H2,1-2H3,(H,23,25). The molecule has 1 unspecified atom stereocenters. The number of aryl methyl sites for hydroxylation is 1. The predicted octanol–water partition coefficient (Wildman–Crippen LogP) is 3.36. The van der Waals surface area contributed by atoms with E-state index in [1.807, 2.05) is 42.8 Å². The summed E-state index contributed by atoms with van der Waals surface area (Å²) >= 11 is 0. The number of hydrogen-bond acceptors (Lipinski definition) is 2. The molecular formula is C21H23N3O. The number of aromatic nitrogens is 1. The van der Waals surface area contributed by atoms with Gasteiger partial charge in [0.05, 0.1) is 6.04 Å². The minimum Gasteiger partial charge on any atom is -0.346 e. The highest BCUT2D eigenvalue weighted by atomic mass is 16.2. The Morgan fingerprint density at radius 1 is 1.20 bits per heavy atom. The summed E-state index contributed by atoms with van der Waals surface area (Å²) in [6, 6.07) is 16.5. The first-order chi connectivity index (χ1) is 12.1. The van der Waals surface area contributed by atoms with Gasteiger partial charge in [-0.3, -0.25) is 4.79 Å². The van der Waals surface area contributed by atoms with Crippen LogP contribution in [0.3, 0.4) is 0 Å². The van der Waals surface area contributed by atoms with Crippen molar-refractivity contribution in [1.29, 1.82) is 0 Å². The van der Waals surface area contributed by atoms with Crippen LogP contribution in [0, 0.1) is 0 Å². The van der Waals surface area contributed by atoms with E-state index in [0.717, 1.165) is 18.7 Å². The van der Waals surface area contributed by atoms with Crippen LogP contribution in [0.4, 0.5) is 0 Å². The van der Waals surface area contributed by atoms with Crippen molar-refractivity contribution in [2.45, 2.75) is 18.9 Å². The predicted molar refractivity (Wildman–Crippen MR) is 101 cm³/mol. The lowest BCUT2D eigenvalue weighted by Gasteiger charge is -2.26. The Balaban J connectivity index is 1.57. The van der Waals surface area contributed by atoms with Crippen LogP contribution in [0.5, 0.6) is 0 Å². The van der Waals surface area contributed by atoms with Gasteiger partial charge in [0.1, 0.15) is 5.69 Å². The Labute approximate surface area is 147 Å². The molecule has 4 heteroatoms. The smallest absolute Gasteiger partial charge is 0.268 e. The molecule has 1 aromatic heterocycles. The highest BCUT2D eigenvalue weighted by Crippen LogP contribution is 2.25. The number of nitrogens with one attached hydrogen (secondary N) is 2. The molecule has 4 rings (SSSR count). The number of benzene rings is 2. The van der Waals surface area contributed by atoms with Gasteiger partial charge in [-0.15, -0.1) is 0 Å². The zero-order chi connectivity index (χ0) is 17.4. The minimum atomic E-state index is -0.0534. The second-order valence-electron chi connectivity index (χ2n) is 6.89. The number of amides is 1. The highest BCUT2D eigenvalue weighted by Gasteiger charge is 2.23. The van der Waals surface area contributed by atoms with Gasteiger partial charge in [-0.1, -0.05) is 42.5 Å². The van der Waals surface area contributed by atoms with Crippen molar-refractivity contribution in [1.82, 2.24) is 15.2 Å². The van der Waals surface area contributed by atoms with Crippen molar-refractivity contribution < 1.29 is 4.79 Å². The fourth-order valence-electron chi connectivity index (χ4n) is 3.54. The molecule has 2 N–H and O–H groups in total. The molecule has 0 aliphatic carbocycles. The van der Waals surface area contributed by atoms with Crippen molar-refractivity contribution in [2.75, 3.05) is 13.1 Å². The zero-order valence-corrected chi connectivity index (χ0v) is 14.6. The summed E-state index contributed by atoms with van der Waals surface area (Å²) in [7, 11) is 1.94. The Hall–Kier alpha value is -2.59. The van der Waals surface area contributed by atoms with Gasteiger partial charge in [0.2, 0.25) is 0 Å². The van der Waals surface area contributed by atoms with E-state index in [0.29, 0.717) is 11.6 Å². The third-order valence-corrected chi connectivity index (χ3v) is 5.15. The van der Waals surface area contributed by atoms with Crippen molar-refractivity contribution in [3.63, 3.8) is 0 Å². The second-order valence-corrected chi connectivity index (χ2v) is 6.89. The molecule has 0 spiro atoms. The van der Waals surface area contributed by atoms with E-state index in [4.69, 9.17) is 0 Å². The van der Waals surface area contributed by atoms with Crippen LogP contribution in [0.15, 0.2) is 54.7 Å². The molecule has 2 aromatic carbocycles. The summed E-state index contributed by atoms with van der Waals surface area (Å²) in [5, 5.41) is 8.82. The fourth-order valence-corrected chi connectivity index (χ4v) is 3.54. The first-order valence-corrected chi connectivity index (χ1v) is 8.79. The monoisotopic (exact) mass is 333 g/mol. The molecule has 128 valence electrons. The first kappa shape index (κ1) is 15.9. The molecule has 1 amide bonds. The fraction of sp³-hybridized carbons (Fsp3) is 0.286.